The Balaban J connectivity index is 1.41. The van der Waals surface area contributed by atoms with Crippen LogP contribution in [-0.4, -0.2) is 50.9 Å². The van der Waals surface area contributed by atoms with E-state index in [1.54, 1.807) is 29.9 Å². The number of alkyl halides is 3. The Kier molecular flexibility index (Phi) is 6.39. The second-order valence-electron chi connectivity index (χ2n) is 10.1. The lowest BCUT2D eigenvalue weighted by Crippen LogP contribution is -2.52. The van der Waals surface area contributed by atoms with Gasteiger partial charge in [-0.15, -0.1) is 10.2 Å². The van der Waals surface area contributed by atoms with E-state index < -0.39 is 39.1 Å². The molecule has 1 saturated heterocycles. The highest BCUT2D eigenvalue weighted by molar-refractivity contribution is 7.89. The van der Waals surface area contributed by atoms with Crippen molar-refractivity contribution in [1.82, 2.24) is 24.3 Å². The molecule has 3 heterocycles. The van der Waals surface area contributed by atoms with E-state index >= 15 is 0 Å². The van der Waals surface area contributed by atoms with E-state index in [4.69, 9.17) is 4.42 Å². The Bertz CT molecular complexity index is 1750. The Morgan fingerprint density at radius 2 is 1.78 bits per heavy atom. The molecule has 6 rings (SSSR count). The van der Waals surface area contributed by atoms with Gasteiger partial charge in [0.05, 0.1) is 28.0 Å². The molecule has 0 bridgehead atoms. The fraction of sp³-hybridized carbons (Fsp3) is 0.296. The molecule has 2 aliphatic rings. The quantitative estimate of drug-likeness (QED) is 0.342. The molecule has 1 aliphatic carbocycles. The van der Waals surface area contributed by atoms with E-state index in [-0.39, 0.29) is 42.6 Å². The third kappa shape index (κ3) is 4.65. The van der Waals surface area contributed by atoms with Crippen LogP contribution in [0.1, 0.15) is 41.1 Å². The standard InChI is InChI=1S/C27H23F4N5O4S/c1-16-33-34-25(40-16)24(37)26-13-17-14-32-36(21-6-4-20(28)5-7-21)23(17)12-19(26)10-11-35(15-26)41(38,39)22-8-2-18(3-9-22)27(29,30)31/h2-9,12,14,24,37H,10-11,13,15H2,1H3/t24?,26-/m0/s1. The van der Waals surface area contributed by atoms with E-state index in [9.17, 15) is 31.1 Å². The molecule has 1 fully saturated rings. The molecule has 41 heavy (non-hydrogen) atoms. The minimum Gasteiger partial charge on any atom is -0.423 e. The Labute approximate surface area is 231 Å². The first-order valence-corrected chi connectivity index (χ1v) is 14.0. The molecule has 2 aromatic heterocycles. The van der Waals surface area contributed by atoms with Crippen LogP contribution in [-0.2, 0) is 22.6 Å². The first-order chi connectivity index (χ1) is 19.4. The third-order valence-electron chi connectivity index (χ3n) is 7.62. The topological polar surface area (TPSA) is 114 Å². The predicted molar refractivity (Wildman–Crippen MR) is 136 cm³/mol. The maximum absolute atomic E-state index is 13.6. The average molecular weight is 590 g/mol. The maximum Gasteiger partial charge on any atom is 0.416 e. The molecule has 2 aromatic carbocycles. The summed E-state index contributed by atoms with van der Waals surface area (Å²) in [6.07, 6.45) is -2.22. The van der Waals surface area contributed by atoms with E-state index in [2.05, 4.69) is 15.3 Å². The number of hydrogen-bond acceptors (Lipinski definition) is 7. The summed E-state index contributed by atoms with van der Waals surface area (Å²) in [6, 6.07) is 9.11. The number of rotatable bonds is 5. The highest BCUT2D eigenvalue weighted by atomic mass is 32.2. The smallest absolute Gasteiger partial charge is 0.416 e. The van der Waals surface area contributed by atoms with Crippen LogP contribution in [0.15, 0.2) is 69.6 Å². The summed E-state index contributed by atoms with van der Waals surface area (Å²) in [7, 11) is -4.24. The zero-order chi connectivity index (χ0) is 29.2. The number of sulfonamides is 1. The molecular formula is C27H23F4N5O4S. The van der Waals surface area contributed by atoms with Crippen molar-refractivity contribution >= 4 is 16.1 Å². The minimum absolute atomic E-state index is 0.0204. The van der Waals surface area contributed by atoms with Crippen LogP contribution in [0.4, 0.5) is 17.6 Å². The van der Waals surface area contributed by atoms with Crippen LogP contribution in [0.5, 0.6) is 0 Å². The molecule has 14 heteroatoms. The first-order valence-electron chi connectivity index (χ1n) is 12.6. The summed E-state index contributed by atoms with van der Waals surface area (Å²) < 4.78 is 88.3. The van der Waals surface area contributed by atoms with Gasteiger partial charge < -0.3 is 9.52 Å². The highest BCUT2D eigenvalue weighted by Crippen LogP contribution is 2.52. The number of aliphatic hydroxyl groups excluding tert-OH is 1. The van der Waals surface area contributed by atoms with Crippen LogP contribution in [0, 0.1) is 18.2 Å². The number of nitrogens with zero attached hydrogens (tertiary/aromatic N) is 5. The normalized spacial score (nSPS) is 20.3. The van der Waals surface area contributed by atoms with Gasteiger partial charge in [-0.05, 0) is 73.0 Å². The number of aryl methyl sites for hydroxylation is 1. The molecule has 1 N–H and O–H groups in total. The van der Waals surface area contributed by atoms with Gasteiger partial charge >= 0.3 is 6.18 Å². The number of piperidine rings is 1. The summed E-state index contributed by atoms with van der Waals surface area (Å²) in [5, 5.41) is 23.9. The van der Waals surface area contributed by atoms with E-state index in [1.165, 1.54) is 12.1 Å². The molecule has 214 valence electrons. The van der Waals surface area contributed by atoms with Crippen molar-refractivity contribution in [3.63, 3.8) is 0 Å². The SMILES string of the molecule is Cc1nnc(C(O)[C@]23Cc4cnn(-c5ccc(F)cc5)c4C=C2CCN(S(=O)(=O)c2ccc(C(F)(F)F)cc2)C3)o1. The van der Waals surface area contributed by atoms with Gasteiger partial charge in [0.15, 0.2) is 0 Å². The lowest BCUT2D eigenvalue weighted by molar-refractivity contribution is -0.137. The molecule has 9 nitrogen and oxygen atoms in total. The van der Waals surface area contributed by atoms with Crippen LogP contribution in [0.3, 0.4) is 0 Å². The average Bonchev–Trinajstić information content (AvgIpc) is 3.56. The van der Waals surface area contributed by atoms with Gasteiger partial charge in [-0.2, -0.15) is 22.6 Å². The number of aliphatic hydroxyl groups is 1. The van der Waals surface area contributed by atoms with E-state index in [0.29, 0.717) is 16.9 Å². The van der Waals surface area contributed by atoms with Crippen molar-refractivity contribution in [2.45, 2.75) is 36.9 Å². The van der Waals surface area contributed by atoms with Gasteiger partial charge in [0, 0.05) is 25.4 Å². The van der Waals surface area contributed by atoms with Crippen molar-refractivity contribution in [3.8, 4) is 5.69 Å². The molecular weight excluding hydrogens is 566 g/mol. The molecule has 1 unspecified atom stereocenters. The van der Waals surface area contributed by atoms with Gasteiger partial charge in [-0.3, -0.25) is 0 Å². The lowest BCUT2D eigenvalue weighted by atomic mass is 9.65. The second kappa shape index (κ2) is 9.60. The fourth-order valence-corrected chi connectivity index (χ4v) is 7.05. The van der Waals surface area contributed by atoms with Gasteiger partial charge in [0.25, 0.3) is 0 Å². The van der Waals surface area contributed by atoms with Crippen molar-refractivity contribution in [1.29, 1.82) is 0 Å². The van der Waals surface area contributed by atoms with Crippen molar-refractivity contribution in [2.75, 3.05) is 13.1 Å². The van der Waals surface area contributed by atoms with Gasteiger partial charge in [0.2, 0.25) is 21.8 Å². The monoisotopic (exact) mass is 589 g/mol. The van der Waals surface area contributed by atoms with Crippen LogP contribution in [0.2, 0.25) is 0 Å². The number of aromatic nitrogens is 4. The minimum atomic E-state index is -4.61. The number of benzene rings is 2. The van der Waals surface area contributed by atoms with Crippen molar-refractivity contribution in [2.24, 2.45) is 5.41 Å². The van der Waals surface area contributed by atoms with Gasteiger partial charge in [0.1, 0.15) is 11.9 Å². The summed E-state index contributed by atoms with van der Waals surface area (Å²) in [5.74, 6) is -0.269. The maximum atomic E-state index is 13.6. The number of hydrogen-bond donors (Lipinski definition) is 1. The van der Waals surface area contributed by atoms with E-state index in [0.717, 1.165) is 34.1 Å². The summed E-state index contributed by atoms with van der Waals surface area (Å²) in [4.78, 5) is -0.295. The lowest BCUT2D eigenvalue weighted by Gasteiger charge is -2.47. The molecule has 4 aromatic rings. The molecule has 2 atom stereocenters. The third-order valence-corrected chi connectivity index (χ3v) is 9.48. The largest absolute Gasteiger partial charge is 0.423 e. The fourth-order valence-electron chi connectivity index (χ4n) is 5.54. The number of fused-ring (bicyclic) bond motifs is 2. The molecule has 1 aliphatic heterocycles. The van der Waals surface area contributed by atoms with Crippen molar-refractivity contribution < 1.29 is 35.5 Å². The summed E-state index contributed by atoms with van der Waals surface area (Å²) in [5.41, 5.74) is 0.539. The molecule has 0 radical (unpaired) electrons. The Hall–Kier alpha value is -3.88. The molecule has 0 spiro atoms. The highest BCUT2D eigenvalue weighted by Gasteiger charge is 2.52. The Morgan fingerprint density at radius 3 is 2.41 bits per heavy atom. The van der Waals surface area contributed by atoms with Gasteiger partial charge in [-0.1, -0.05) is 5.57 Å². The Morgan fingerprint density at radius 1 is 1.07 bits per heavy atom. The molecule has 0 amide bonds. The predicted octanol–water partition coefficient (Wildman–Crippen LogP) is 4.48. The zero-order valence-corrected chi connectivity index (χ0v) is 22.3. The van der Waals surface area contributed by atoms with Crippen molar-refractivity contribution in [3.05, 3.63) is 94.7 Å². The molecule has 0 saturated carbocycles. The van der Waals surface area contributed by atoms with Crippen LogP contribution >= 0.6 is 0 Å². The van der Waals surface area contributed by atoms with Crippen LogP contribution < -0.4 is 0 Å². The summed E-state index contributed by atoms with van der Waals surface area (Å²) >= 11 is 0. The summed E-state index contributed by atoms with van der Waals surface area (Å²) in [6.45, 7) is 1.38. The first kappa shape index (κ1) is 27.3. The van der Waals surface area contributed by atoms with Crippen LogP contribution in [0.25, 0.3) is 11.8 Å². The van der Waals surface area contributed by atoms with E-state index in [1.807, 2.05) is 6.08 Å². The number of halogens is 4. The van der Waals surface area contributed by atoms with Gasteiger partial charge in [-0.25, -0.2) is 17.5 Å². The zero-order valence-electron chi connectivity index (χ0n) is 21.5. The second-order valence-corrected chi connectivity index (χ2v) is 12.1.